The minimum absolute atomic E-state index is 0.326. The van der Waals surface area contributed by atoms with Gasteiger partial charge in [-0.2, -0.15) is 4.73 Å². The molecule has 1 aliphatic carbocycles. The lowest BCUT2D eigenvalue weighted by atomic mass is 9.89. The Balaban J connectivity index is 2.33. The van der Waals surface area contributed by atoms with Crippen LogP contribution in [0.3, 0.4) is 0 Å². The molecule has 2 rings (SSSR count). The second-order valence-corrected chi connectivity index (χ2v) is 4.01. The summed E-state index contributed by atoms with van der Waals surface area (Å²) in [5.41, 5.74) is 6.77. The summed E-state index contributed by atoms with van der Waals surface area (Å²) in [6.07, 6.45) is 5.41. The molecule has 2 N–H and O–H groups in total. The van der Waals surface area contributed by atoms with Gasteiger partial charge in [0, 0.05) is 17.2 Å². The van der Waals surface area contributed by atoms with Crippen LogP contribution in [0.15, 0.2) is 24.5 Å². The first-order valence-electron chi connectivity index (χ1n) is 4.59. The Labute approximate surface area is 77.8 Å². The van der Waals surface area contributed by atoms with Gasteiger partial charge >= 0.3 is 0 Å². The van der Waals surface area contributed by atoms with Crippen LogP contribution in [0.2, 0.25) is 0 Å². The minimum Gasteiger partial charge on any atom is -0.619 e. The Morgan fingerprint density at radius 3 is 2.85 bits per heavy atom. The Kier molecular flexibility index (Phi) is 1.77. The first-order chi connectivity index (χ1) is 6.10. The highest BCUT2D eigenvalue weighted by Crippen LogP contribution is 2.43. The van der Waals surface area contributed by atoms with Crippen LogP contribution in [0.4, 0.5) is 0 Å². The molecule has 0 spiro atoms. The van der Waals surface area contributed by atoms with Gasteiger partial charge in [-0.15, -0.1) is 0 Å². The number of pyridine rings is 1. The number of rotatable bonds is 2. The molecule has 1 saturated carbocycles. The molecule has 0 radical (unpaired) electrons. The van der Waals surface area contributed by atoms with Crippen molar-refractivity contribution in [3.63, 3.8) is 0 Å². The monoisotopic (exact) mass is 178 g/mol. The highest BCUT2D eigenvalue weighted by Gasteiger charge is 2.40. The fourth-order valence-corrected chi connectivity index (χ4v) is 1.69. The maximum absolute atomic E-state index is 11.0. The highest BCUT2D eigenvalue weighted by atomic mass is 16.5. The maximum atomic E-state index is 11.0. The van der Waals surface area contributed by atoms with Crippen molar-refractivity contribution >= 4 is 0 Å². The Hall–Kier alpha value is -1.09. The summed E-state index contributed by atoms with van der Waals surface area (Å²) >= 11 is 0. The van der Waals surface area contributed by atoms with Crippen molar-refractivity contribution in [1.29, 1.82) is 0 Å². The molecule has 1 unspecified atom stereocenters. The number of aromatic nitrogens is 1. The molecule has 3 heteroatoms. The molecule has 1 heterocycles. The van der Waals surface area contributed by atoms with Gasteiger partial charge in [-0.1, -0.05) is 0 Å². The van der Waals surface area contributed by atoms with Gasteiger partial charge < -0.3 is 10.9 Å². The van der Waals surface area contributed by atoms with Crippen LogP contribution in [-0.4, -0.2) is 0 Å². The molecule has 1 aromatic rings. The molecular weight excluding hydrogens is 164 g/mol. The van der Waals surface area contributed by atoms with E-state index in [1.807, 2.05) is 13.0 Å². The first-order valence-corrected chi connectivity index (χ1v) is 4.59. The molecule has 0 saturated heterocycles. The van der Waals surface area contributed by atoms with Gasteiger partial charge in [0.15, 0.2) is 12.4 Å². The largest absolute Gasteiger partial charge is 0.619 e. The number of nitrogens with two attached hydrogens (primary N) is 1. The van der Waals surface area contributed by atoms with Crippen LogP contribution in [0.5, 0.6) is 0 Å². The van der Waals surface area contributed by atoms with E-state index >= 15 is 0 Å². The van der Waals surface area contributed by atoms with Crippen molar-refractivity contribution in [2.45, 2.75) is 25.3 Å². The molecule has 0 amide bonds. The van der Waals surface area contributed by atoms with Gasteiger partial charge in [0.05, 0.1) is 0 Å². The summed E-state index contributed by atoms with van der Waals surface area (Å²) in [6.45, 7) is 2.00. The van der Waals surface area contributed by atoms with Crippen molar-refractivity contribution in [2.75, 3.05) is 0 Å². The third-order valence-corrected chi connectivity index (χ3v) is 2.82. The van der Waals surface area contributed by atoms with E-state index in [9.17, 15) is 5.21 Å². The molecule has 13 heavy (non-hydrogen) atoms. The standard InChI is InChI=1S/C10H14N2O/c1-10(11,8-4-5-8)9-3-2-6-12(13)7-9/h2-3,6-8H,4-5,11H2,1H3. The summed E-state index contributed by atoms with van der Waals surface area (Å²) < 4.78 is 0.808. The quantitative estimate of drug-likeness (QED) is 0.540. The van der Waals surface area contributed by atoms with Crippen molar-refractivity contribution in [3.05, 3.63) is 35.3 Å². The van der Waals surface area contributed by atoms with Gasteiger partial charge in [0.2, 0.25) is 0 Å². The molecule has 1 atom stereocenters. The molecule has 1 aliphatic rings. The number of hydrogen-bond acceptors (Lipinski definition) is 2. The molecule has 0 aromatic carbocycles. The molecule has 1 fully saturated rings. The van der Waals surface area contributed by atoms with E-state index in [0.717, 1.165) is 10.3 Å². The topological polar surface area (TPSA) is 53.0 Å². The van der Waals surface area contributed by atoms with Gasteiger partial charge in [0.1, 0.15) is 0 Å². The van der Waals surface area contributed by atoms with E-state index in [0.29, 0.717) is 5.92 Å². The predicted molar refractivity (Wildman–Crippen MR) is 49.7 cm³/mol. The zero-order valence-electron chi connectivity index (χ0n) is 7.73. The van der Waals surface area contributed by atoms with Gasteiger partial charge in [0.25, 0.3) is 0 Å². The summed E-state index contributed by atoms with van der Waals surface area (Å²) in [4.78, 5) is 0. The summed E-state index contributed by atoms with van der Waals surface area (Å²) in [7, 11) is 0. The summed E-state index contributed by atoms with van der Waals surface area (Å²) in [5, 5.41) is 11.0. The van der Waals surface area contributed by atoms with Crippen molar-refractivity contribution in [1.82, 2.24) is 0 Å². The molecule has 70 valence electrons. The van der Waals surface area contributed by atoms with Crippen LogP contribution in [0.25, 0.3) is 0 Å². The van der Waals surface area contributed by atoms with Crippen LogP contribution in [-0.2, 0) is 5.54 Å². The fraction of sp³-hybridized carbons (Fsp3) is 0.500. The van der Waals surface area contributed by atoms with Gasteiger partial charge in [-0.3, -0.25) is 0 Å². The lowest BCUT2D eigenvalue weighted by Crippen LogP contribution is -2.38. The predicted octanol–water partition coefficient (Wildman–Crippen LogP) is 0.904. The van der Waals surface area contributed by atoms with Crippen molar-refractivity contribution in [3.8, 4) is 0 Å². The molecule has 0 bridgehead atoms. The van der Waals surface area contributed by atoms with E-state index in [-0.39, 0.29) is 5.54 Å². The summed E-state index contributed by atoms with van der Waals surface area (Å²) in [6, 6.07) is 3.67. The van der Waals surface area contributed by atoms with Crippen LogP contribution in [0.1, 0.15) is 25.3 Å². The third kappa shape index (κ3) is 1.52. The third-order valence-electron chi connectivity index (χ3n) is 2.82. The average Bonchev–Trinajstić information content (AvgIpc) is 2.86. The second-order valence-electron chi connectivity index (χ2n) is 4.01. The number of nitrogens with zero attached hydrogens (tertiary/aromatic N) is 1. The van der Waals surface area contributed by atoms with Gasteiger partial charge in [-0.25, -0.2) is 0 Å². The van der Waals surface area contributed by atoms with E-state index in [1.54, 1.807) is 12.3 Å². The van der Waals surface area contributed by atoms with Crippen molar-refractivity contribution in [2.24, 2.45) is 11.7 Å². The minimum atomic E-state index is -0.326. The Bertz CT molecular complexity index is 318. The number of hydrogen-bond donors (Lipinski definition) is 1. The molecule has 0 aliphatic heterocycles. The van der Waals surface area contributed by atoms with E-state index in [4.69, 9.17) is 5.73 Å². The van der Waals surface area contributed by atoms with E-state index in [1.165, 1.54) is 19.0 Å². The normalized spacial score (nSPS) is 21.1. The molecular formula is C10H14N2O. The van der Waals surface area contributed by atoms with Crippen LogP contribution < -0.4 is 10.5 Å². The van der Waals surface area contributed by atoms with Crippen LogP contribution in [0, 0.1) is 11.1 Å². The highest BCUT2D eigenvalue weighted by molar-refractivity contribution is 5.20. The lowest BCUT2D eigenvalue weighted by molar-refractivity contribution is -0.606. The zero-order chi connectivity index (χ0) is 9.47. The Morgan fingerprint density at radius 2 is 2.31 bits per heavy atom. The van der Waals surface area contributed by atoms with Crippen molar-refractivity contribution < 1.29 is 4.73 Å². The zero-order valence-corrected chi connectivity index (χ0v) is 7.73. The van der Waals surface area contributed by atoms with E-state index < -0.39 is 0 Å². The molecule has 3 nitrogen and oxygen atoms in total. The van der Waals surface area contributed by atoms with E-state index in [2.05, 4.69) is 0 Å². The van der Waals surface area contributed by atoms with Gasteiger partial charge in [-0.05, 0) is 31.7 Å². The fourth-order valence-electron chi connectivity index (χ4n) is 1.69. The molecule has 1 aromatic heterocycles. The maximum Gasteiger partial charge on any atom is 0.185 e. The first kappa shape index (κ1) is 8.51. The SMILES string of the molecule is CC(N)(c1ccc[n+]([O-])c1)C1CC1. The lowest BCUT2D eigenvalue weighted by Gasteiger charge is -2.23. The smallest absolute Gasteiger partial charge is 0.185 e. The summed E-state index contributed by atoms with van der Waals surface area (Å²) in [5.74, 6) is 0.551. The Morgan fingerprint density at radius 1 is 1.62 bits per heavy atom. The average molecular weight is 178 g/mol. The second kappa shape index (κ2) is 2.70. The van der Waals surface area contributed by atoms with Crippen LogP contribution >= 0.6 is 0 Å².